The number of hydrogen-bond acceptors (Lipinski definition) is 5. The molecule has 0 saturated carbocycles. The Kier molecular flexibility index (Phi) is 6.13. The number of ether oxygens (including phenoxy) is 1. The zero-order valence-electron chi connectivity index (χ0n) is 11.9. The topological polar surface area (TPSA) is 113 Å². The number of aryl methyl sites for hydroxylation is 1. The third kappa shape index (κ3) is 5.00. The number of rotatable bonds is 8. The van der Waals surface area contributed by atoms with Gasteiger partial charge in [0.15, 0.2) is 6.10 Å². The van der Waals surface area contributed by atoms with Crippen LogP contribution in [-0.2, 0) is 14.8 Å². The van der Waals surface area contributed by atoms with Gasteiger partial charge in [-0.25, -0.2) is 17.9 Å². The van der Waals surface area contributed by atoms with Gasteiger partial charge in [-0.1, -0.05) is 0 Å². The van der Waals surface area contributed by atoms with Gasteiger partial charge in [0.1, 0.15) is 5.75 Å². The molecule has 21 heavy (non-hydrogen) atoms. The normalized spacial score (nSPS) is 12.9. The molecule has 0 bridgehead atoms. The van der Waals surface area contributed by atoms with Gasteiger partial charge in [-0.15, -0.1) is 0 Å². The van der Waals surface area contributed by atoms with E-state index in [4.69, 9.17) is 14.9 Å². The summed E-state index contributed by atoms with van der Waals surface area (Å²) in [6.45, 7) is 3.89. The van der Waals surface area contributed by atoms with Gasteiger partial charge in [0.25, 0.3) is 0 Å². The summed E-state index contributed by atoms with van der Waals surface area (Å²) >= 11 is 0. The van der Waals surface area contributed by atoms with E-state index in [1.807, 2.05) is 6.92 Å². The lowest BCUT2D eigenvalue weighted by Crippen LogP contribution is -2.30. The van der Waals surface area contributed by atoms with E-state index in [9.17, 15) is 13.2 Å². The summed E-state index contributed by atoms with van der Waals surface area (Å²) in [5.41, 5.74) is 0.685. The molecular weight excluding hydrogens is 298 g/mol. The average Bonchev–Trinajstić information content (AvgIpc) is 2.40. The summed E-state index contributed by atoms with van der Waals surface area (Å²) in [6, 6.07) is 4.45. The van der Waals surface area contributed by atoms with Crippen molar-refractivity contribution in [2.75, 3.05) is 13.2 Å². The molecule has 118 valence electrons. The molecule has 0 aliphatic carbocycles. The van der Waals surface area contributed by atoms with Crippen LogP contribution in [0.4, 0.5) is 0 Å². The molecule has 7 nitrogen and oxygen atoms in total. The first-order valence-corrected chi connectivity index (χ1v) is 7.90. The van der Waals surface area contributed by atoms with Gasteiger partial charge < -0.3 is 14.9 Å². The fraction of sp³-hybridized carbons (Fsp3) is 0.462. The minimum Gasteiger partial charge on any atom is -0.494 e. The Balaban J connectivity index is 2.74. The van der Waals surface area contributed by atoms with Gasteiger partial charge in [0, 0.05) is 6.54 Å². The number of sulfonamides is 1. The maximum Gasteiger partial charge on any atom is 0.332 e. The number of carboxylic acid groups (broad SMARTS) is 1. The molecule has 8 heteroatoms. The molecule has 0 heterocycles. The summed E-state index contributed by atoms with van der Waals surface area (Å²) in [5, 5.41) is 17.6. The summed E-state index contributed by atoms with van der Waals surface area (Å²) in [6.07, 6.45) is -1.79. The van der Waals surface area contributed by atoms with Gasteiger partial charge >= 0.3 is 5.97 Å². The van der Waals surface area contributed by atoms with Gasteiger partial charge in [-0.05, 0) is 44.0 Å². The second-order valence-electron chi connectivity index (χ2n) is 4.40. The van der Waals surface area contributed by atoms with E-state index in [1.54, 1.807) is 13.0 Å². The van der Waals surface area contributed by atoms with Crippen LogP contribution in [0.15, 0.2) is 23.1 Å². The maximum absolute atomic E-state index is 12.0. The molecule has 1 atom stereocenters. The average molecular weight is 317 g/mol. The quantitative estimate of drug-likeness (QED) is 0.644. The molecule has 1 rings (SSSR count). The minimum atomic E-state index is -3.75. The molecule has 0 aliphatic heterocycles. The number of aliphatic carboxylic acids is 1. The van der Waals surface area contributed by atoms with Crippen LogP contribution in [0.5, 0.6) is 5.75 Å². The van der Waals surface area contributed by atoms with Crippen LogP contribution < -0.4 is 9.46 Å². The summed E-state index contributed by atoms with van der Waals surface area (Å²) in [5.74, 6) is -0.774. The summed E-state index contributed by atoms with van der Waals surface area (Å²) < 4.78 is 31.6. The maximum atomic E-state index is 12.0. The number of carboxylic acids is 1. The Labute approximate surface area is 123 Å². The molecule has 0 saturated heterocycles. The smallest absolute Gasteiger partial charge is 0.332 e. The number of aliphatic hydroxyl groups is 1. The van der Waals surface area contributed by atoms with Gasteiger partial charge in [0.05, 0.1) is 11.5 Å². The van der Waals surface area contributed by atoms with Gasteiger partial charge in [-0.2, -0.15) is 0 Å². The molecular formula is C13H19NO6S. The Morgan fingerprint density at radius 2 is 2.10 bits per heavy atom. The third-order valence-corrected chi connectivity index (χ3v) is 4.21. The van der Waals surface area contributed by atoms with Crippen molar-refractivity contribution in [3.8, 4) is 5.75 Å². The number of aliphatic hydroxyl groups excluding tert-OH is 1. The lowest BCUT2D eigenvalue weighted by Gasteiger charge is -2.11. The number of carbonyl (C=O) groups is 1. The lowest BCUT2D eigenvalue weighted by molar-refractivity contribution is -0.146. The van der Waals surface area contributed by atoms with Gasteiger partial charge in [0.2, 0.25) is 10.0 Å². The molecule has 0 aliphatic rings. The second kappa shape index (κ2) is 7.39. The largest absolute Gasteiger partial charge is 0.494 e. The van der Waals surface area contributed by atoms with Crippen molar-refractivity contribution in [1.29, 1.82) is 0 Å². The van der Waals surface area contributed by atoms with Crippen molar-refractivity contribution in [2.45, 2.75) is 31.3 Å². The third-order valence-electron chi connectivity index (χ3n) is 2.75. The highest BCUT2D eigenvalue weighted by Gasteiger charge is 2.18. The van der Waals surface area contributed by atoms with Crippen molar-refractivity contribution in [2.24, 2.45) is 0 Å². The predicted octanol–water partition coefficient (Wildman–Crippen LogP) is 0.508. The Morgan fingerprint density at radius 1 is 1.43 bits per heavy atom. The van der Waals surface area contributed by atoms with E-state index in [0.29, 0.717) is 17.9 Å². The van der Waals surface area contributed by atoms with E-state index in [2.05, 4.69) is 4.72 Å². The SMILES string of the molecule is CCOc1ccc(S(=O)(=O)NCCC(O)C(=O)O)cc1C. The molecule has 1 unspecified atom stereocenters. The Morgan fingerprint density at radius 3 is 2.62 bits per heavy atom. The highest BCUT2D eigenvalue weighted by Crippen LogP contribution is 2.21. The van der Waals surface area contributed by atoms with Crippen molar-refractivity contribution in [3.63, 3.8) is 0 Å². The Hall–Kier alpha value is -1.64. The van der Waals surface area contributed by atoms with E-state index >= 15 is 0 Å². The zero-order chi connectivity index (χ0) is 16.0. The van der Waals surface area contributed by atoms with E-state index in [0.717, 1.165) is 0 Å². The van der Waals surface area contributed by atoms with Crippen LogP contribution in [0.2, 0.25) is 0 Å². The minimum absolute atomic E-state index is 0.0632. The first kappa shape index (κ1) is 17.4. The van der Waals surface area contributed by atoms with Crippen LogP contribution >= 0.6 is 0 Å². The van der Waals surface area contributed by atoms with Crippen molar-refractivity contribution >= 4 is 16.0 Å². The lowest BCUT2D eigenvalue weighted by atomic mass is 10.2. The van der Waals surface area contributed by atoms with Crippen LogP contribution in [0.3, 0.4) is 0 Å². The van der Waals surface area contributed by atoms with Crippen LogP contribution in [0.25, 0.3) is 0 Å². The molecule has 0 spiro atoms. The fourth-order valence-electron chi connectivity index (χ4n) is 1.64. The Bertz CT molecular complexity index is 599. The van der Waals surface area contributed by atoms with Crippen molar-refractivity contribution in [3.05, 3.63) is 23.8 Å². The first-order chi connectivity index (χ1) is 9.77. The number of benzene rings is 1. The molecule has 0 amide bonds. The van der Waals surface area contributed by atoms with Crippen molar-refractivity contribution < 1.29 is 28.2 Å². The molecule has 0 fully saturated rings. The van der Waals surface area contributed by atoms with Crippen LogP contribution in [0.1, 0.15) is 18.9 Å². The molecule has 1 aromatic rings. The zero-order valence-corrected chi connectivity index (χ0v) is 12.7. The highest BCUT2D eigenvalue weighted by molar-refractivity contribution is 7.89. The summed E-state index contributed by atoms with van der Waals surface area (Å²) in [4.78, 5) is 10.5. The van der Waals surface area contributed by atoms with E-state index in [1.165, 1.54) is 12.1 Å². The predicted molar refractivity (Wildman–Crippen MR) is 75.8 cm³/mol. The fourth-order valence-corrected chi connectivity index (χ4v) is 2.78. The van der Waals surface area contributed by atoms with Crippen LogP contribution in [0, 0.1) is 6.92 Å². The second-order valence-corrected chi connectivity index (χ2v) is 6.17. The van der Waals surface area contributed by atoms with Crippen LogP contribution in [-0.4, -0.2) is 43.9 Å². The van der Waals surface area contributed by atoms with Gasteiger partial charge in [-0.3, -0.25) is 0 Å². The highest BCUT2D eigenvalue weighted by atomic mass is 32.2. The first-order valence-electron chi connectivity index (χ1n) is 6.42. The number of hydrogen-bond donors (Lipinski definition) is 3. The van der Waals surface area contributed by atoms with Crippen molar-refractivity contribution in [1.82, 2.24) is 4.72 Å². The number of nitrogens with one attached hydrogen (secondary N) is 1. The molecule has 3 N–H and O–H groups in total. The molecule has 0 radical (unpaired) electrons. The van der Waals surface area contributed by atoms with E-state index < -0.39 is 22.1 Å². The molecule has 1 aromatic carbocycles. The standard InChI is InChI=1S/C13H19NO6S/c1-3-20-12-5-4-10(8-9(12)2)21(18,19)14-7-6-11(15)13(16)17/h4-5,8,11,14-15H,3,6-7H2,1-2H3,(H,16,17). The monoisotopic (exact) mass is 317 g/mol. The summed E-state index contributed by atoms with van der Waals surface area (Å²) in [7, 11) is -3.75. The molecule has 0 aromatic heterocycles. The van der Waals surface area contributed by atoms with E-state index in [-0.39, 0.29) is 17.9 Å².